The molecule has 1 atom stereocenters. The number of hydrogen-bond donors (Lipinski definition) is 2. The van der Waals surface area contributed by atoms with Gasteiger partial charge < -0.3 is 15.5 Å². The van der Waals surface area contributed by atoms with Gasteiger partial charge in [0.15, 0.2) is 0 Å². The van der Waals surface area contributed by atoms with Crippen LogP contribution >= 0.6 is 0 Å². The molecule has 6 nitrogen and oxygen atoms in total. The fourth-order valence-electron chi connectivity index (χ4n) is 2.26. The molecule has 3 rings (SSSR count). The number of anilines is 2. The second-order valence-electron chi connectivity index (χ2n) is 5.15. The van der Waals surface area contributed by atoms with Gasteiger partial charge in [-0.15, -0.1) is 0 Å². The quantitative estimate of drug-likeness (QED) is 0.790. The van der Waals surface area contributed by atoms with E-state index in [2.05, 4.69) is 30.5 Å². The Balaban J connectivity index is 1.62. The first kappa shape index (κ1) is 11.6. The zero-order valence-electron chi connectivity index (χ0n) is 10.8. The van der Waals surface area contributed by atoms with Gasteiger partial charge in [-0.2, -0.15) is 4.98 Å². The van der Waals surface area contributed by atoms with Crippen molar-refractivity contribution in [1.29, 1.82) is 0 Å². The molecule has 2 fully saturated rings. The zero-order valence-corrected chi connectivity index (χ0v) is 10.8. The van der Waals surface area contributed by atoms with Crippen LogP contribution in [0, 0.1) is 5.92 Å². The number of aromatic nitrogens is 3. The lowest BCUT2D eigenvalue weighted by molar-refractivity contribution is 0.616. The first-order chi connectivity index (χ1) is 8.85. The van der Waals surface area contributed by atoms with Gasteiger partial charge in [-0.1, -0.05) is 0 Å². The summed E-state index contributed by atoms with van der Waals surface area (Å²) < 4.78 is 0. The Morgan fingerprint density at radius 3 is 2.94 bits per heavy atom. The van der Waals surface area contributed by atoms with Gasteiger partial charge in [0, 0.05) is 25.7 Å². The highest BCUT2D eigenvalue weighted by atomic mass is 15.3. The SMILES string of the molecule is CN[C@@H]1CCN(c2ncnc(NCC3CC3)n2)C1. The molecule has 0 amide bonds. The Kier molecular flexibility index (Phi) is 3.27. The smallest absolute Gasteiger partial charge is 0.230 e. The molecular weight excluding hydrogens is 228 g/mol. The molecule has 18 heavy (non-hydrogen) atoms. The summed E-state index contributed by atoms with van der Waals surface area (Å²) in [6.07, 6.45) is 5.42. The molecule has 2 heterocycles. The van der Waals surface area contributed by atoms with Crippen LogP contribution in [-0.4, -0.2) is 47.7 Å². The van der Waals surface area contributed by atoms with Gasteiger partial charge in [-0.25, -0.2) is 9.97 Å². The van der Waals surface area contributed by atoms with Gasteiger partial charge in [0.25, 0.3) is 0 Å². The maximum Gasteiger partial charge on any atom is 0.230 e. The maximum atomic E-state index is 4.49. The topological polar surface area (TPSA) is 66.0 Å². The Bertz CT molecular complexity index is 405. The highest BCUT2D eigenvalue weighted by Crippen LogP contribution is 2.28. The molecule has 1 aromatic rings. The van der Waals surface area contributed by atoms with Crippen LogP contribution in [0.15, 0.2) is 6.33 Å². The molecule has 1 saturated heterocycles. The molecular formula is C12H20N6. The summed E-state index contributed by atoms with van der Waals surface area (Å²) in [7, 11) is 2.00. The molecule has 2 aliphatic rings. The maximum absolute atomic E-state index is 4.49. The molecule has 2 N–H and O–H groups in total. The van der Waals surface area contributed by atoms with Crippen molar-refractivity contribution in [1.82, 2.24) is 20.3 Å². The lowest BCUT2D eigenvalue weighted by atomic mass is 10.3. The number of hydrogen-bond acceptors (Lipinski definition) is 6. The number of rotatable bonds is 5. The van der Waals surface area contributed by atoms with E-state index in [-0.39, 0.29) is 0 Å². The largest absolute Gasteiger partial charge is 0.354 e. The number of nitrogens with one attached hydrogen (secondary N) is 2. The van der Waals surface area contributed by atoms with E-state index in [4.69, 9.17) is 0 Å². The lowest BCUT2D eigenvalue weighted by Gasteiger charge is -2.16. The predicted molar refractivity (Wildman–Crippen MR) is 70.7 cm³/mol. The normalized spacial score (nSPS) is 23.4. The first-order valence-electron chi connectivity index (χ1n) is 6.70. The zero-order chi connectivity index (χ0) is 12.4. The van der Waals surface area contributed by atoms with Crippen molar-refractivity contribution in [2.75, 3.05) is 36.9 Å². The summed E-state index contributed by atoms with van der Waals surface area (Å²) in [4.78, 5) is 15.1. The van der Waals surface area contributed by atoms with Gasteiger partial charge in [-0.3, -0.25) is 0 Å². The lowest BCUT2D eigenvalue weighted by Crippen LogP contribution is -2.30. The molecule has 98 valence electrons. The van der Waals surface area contributed by atoms with E-state index >= 15 is 0 Å². The molecule has 1 aromatic heterocycles. The minimum Gasteiger partial charge on any atom is -0.354 e. The average molecular weight is 248 g/mol. The predicted octanol–water partition coefficient (Wildman–Crippen LogP) is 0.492. The van der Waals surface area contributed by atoms with Gasteiger partial charge in [0.05, 0.1) is 0 Å². The van der Waals surface area contributed by atoms with Crippen molar-refractivity contribution < 1.29 is 0 Å². The summed E-state index contributed by atoms with van der Waals surface area (Å²) in [5.74, 6) is 2.33. The number of nitrogens with zero attached hydrogens (tertiary/aromatic N) is 4. The molecule has 0 unspecified atom stereocenters. The van der Waals surface area contributed by atoms with Crippen molar-refractivity contribution in [3.63, 3.8) is 0 Å². The summed E-state index contributed by atoms with van der Waals surface area (Å²) >= 11 is 0. The van der Waals surface area contributed by atoms with Crippen molar-refractivity contribution >= 4 is 11.9 Å². The average Bonchev–Trinajstić information content (AvgIpc) is 3.12. The van der Waals surface area contributed by atoms with Crippen LogP contribution in [0.3, 0.4) is 0 Å². The van der Waals surface area contributed by atoms with E-state index in [1.165, 1.54) is 12.8 Å². The van der Waals surface area contributed by atoms with Crippen molar-refractivity contribution in [2.45, 2.75) is 25.3 Å². The fraction of sp³-hybridized carbons (Fsp3) is 0.750. The van der Waals surface area contributed by atoms with Gasteiger partial charge in [0.2, 0.25) is 11.9 Å². The van der Waals surface area contributed by atoms with Crippen LogP contribution in [-0.2, 0) is 0 Å². The van der Waals surface area contributed by atoms with E-state index in [1.54, 1.807) is 6.33 Å². The van der Waals surface area contributed by atoms with Crippen LogP contribution < -0.4 is 15.5 Å². The third-order valence-electron chi connectivity index (χ3n) is 3.68. The summed E-state index contributed by atoms with van der Waals surface area (Å²) in [5.41, 5.74) is 0. The van der Waals surface area contributed by atoms with Crippen LogP contribution in [0.2, 0.25) is 0 Å². The van der Waals surface area contributed by atoms with Crippen LogP contribution in [0.25, 0.3) is 0 Å². The minimum atomic E-state index is 0.546. The van der Waals surface area contributed by atoms with Crippen LogP contribution in [0.1, 0.15) is 19.3 Å². The minimum absolute atomic E-state index is 0.546. The monoisotopic (exact) mass is 248 g/mol. The summed E-state index contributed by atoms with van der Waals surface area (Å²) in [6.45, 7) is 2.97. The standard InChI is InChI=1S/C12H20N6/c1-13-10-4-5-18(7-10)12-16-8-15-11(17-12)14-6-9-2-3-9/h8-10,13H,2-7H2,1H3,(H,14,15,16,17)/t10-/m1/s1. The second-order valence-corrected chi connectivity index (χ2v) is 5.15. The van der Waals surface area contributed by atoms with E-state index in [1.807, 2.05) is 7.05 Å². The third-order valence-corrected chi connectivity index (χ3v) is 3.68. The second kappa shape index (κ2) is 5.06. The third kappa shape index (κ3) is 2.69. The molecule has 0 aromatic carbocycles. The van der Waals surface area contributed by atoms with Crippen molar-refractivity contribution in [3.05, 3.63) is 6.33 Å². The molecule has 1 aliphatic carbocycles. The molecule has 0 bridgehead atoms. The van der Waals surface area contributed by atoms with Gasteiger partial charge in [0.1, 0.15) is 6.33 Å². The molecule has 1 saturated carbocycles. The van der Waals surface area contributed by atoms with E-state index in [9.17, 15) is 0 Å². The van der Waals surface area contributed by atoms with Crippen molar-refractivity contribution in [2.24, 2.45) is 5.92 Å². The Labute approximate surface area is 107 Å². The van der Waals surface area contributed by atoms with Crippen molar-refractivity contribution in [3.8, 4) is 0 Å². The molecule has 0 spiro atoms. The Morgan fingerprint density at radius 1 is 1.33 bits per heavy atom. The highest BCUT2D eigenvalue weighted by molar-refractivity contribution is 5.37. The first-order valence-corrected chi connectivity index (χ1v) is 6.70. The van der Waals surface area contributed by atoms with Crippen LogP contribution in [0.4, 0.5) is 11.9 Å². The van der Waals surface area contributed by atoms with Gasteiger partial charge >= 0.3 is 0 Å². The summed E-state index contributed by atoms with van der Waals surface area (Å²) in [5, 5.41) is 6.59. The molecule has 0 radical (unpaired) electrons. The Morgan fingerprint density at radius 2 is 2.22 bits per heavy atom. The van der Waals surface area contributed by atoms with Crippen LogP contribution in [0.5, 0.6) is 0 Å². The molecule has 1 aliphatic heterocycles. The summed E-state index contributed by atoms with van der Waals surface area (Å²) in [6, 6.07) is 0.546. The number of likely N-dealkylation sites (N-methyl/N-ethyl adjacent to an activating group) is 1. The Hall–Kier alpha value is -1.43. The van der Waals surface area contributed by atoms with Gasteiger partial charge in [-0.05, 0) is 32.2 Å². The van der Waals surface area contributed by atoms with E-state index < -0.39 is 0 Å². The fourth-order valence-corrected chi connectivity index (χ4v) is 2.26. The van der Waals surface area contributed by atoms with E-state index in [0.717, 1.165) is 37.9 Å². The molecule has 6 heteroatoms. The highest BCUT2D eigenvalue weighted by Gasteiger charge is 2.24. The van der Waals surface area contributed by atoms with E-state index in [0.29, 0.717) is 12.0 Å².